The van der Waals surface area contributed by atoms with Gasteiger partial charge in [0.25, 0.3) is 5.69 Å². The Balaban J connectivity index is 2.31. The lowest BCUT2D eigenvalue weighted by Crippen LogP contribution is -2.41. The number of benzene rings is 1. The normalized spacial score (nSPS) is 20.6. The van der Waals surface area contributed by atoms with Gasteiger partial charge in [-0.3, -0.25) is 10.1 Å². The zero-order valence-electron chi connectivity index (χ0n) is 11.3. The number of hydrogen-bond acceptors (Lipinski definition) is 4. The molecule has 0 amide bonds. The molecule has 0 N–H and O–H groups in total. The van der Waals surface area contributed by atoms with Crippen LogP contribution in [0.3, 0.4) is 0 Å². The highest BCUT2D eigenvalue weighted by molar-refractivity contribution is 6.62. The third-order valence-corrected chi connectivity index (χ3v) is 4.00. The van der Waals surface area contributed by atoms with Crippen LogP contribution < -0.4 is 5.46 Å². The highest BCUT2D eigenvalue weighted by Crippen LogP contribution is 2.36. The molecule has 2 rings (SSSR count). The van der Waals surface area contributed by atoms with Crippen LogP contribution in [0.5, 0.6) is 0 Å². The highest BCUT2D eigenvalue weighted by Gasteiger charge is 2.51. The summed E-state index contributed by atoms with van der Waals surface area (Å²) in [4.78, 5) is 10.2. The minimum Gasteiger partial charge on any atom is -0.399 e. The van der Waals surface area contributed by atoms with Crippen LogP contribution in [0.1, 0.15) is 27.7 Å². The average Bonchev–Trinajstić information content (AvgIpc) is 2.47. The molecule has 0 atom stereocenters. The van der Waals surface area contributed by atoms with Gasteiger partial charge in [0.15, 0.2) is 0 Å². The molecule has 1 aliphatic heterocycles. The van der Waals surface area contributed by atoms with Crippen LogP contribution in [0.4, 0.5) is 5.69 Å². The number of nitro benzene ring substituents is 1. The van der Waals surface area contributed by atoms with Gasteiger partial charge in [-0.15, -0.1) is 0 Å². The molecule has 0 saturated carbocycles. The number of nitrogens with zero attached hydrogens (tertiary/aromatic N) is 1. The van der Waals surface area contributed by atoms with E-state index in [1.54, 1.807) is 6.07 Å². The third-order valence-electron chi connectivity index (χ3n) is 3.69. The van der Waals surface area contributed by atoms with Crippen molar-refractivity contribution in [1.82, 2.24) is 0 Å². The van der Waals surface area contributed by atoms with Crippen molar-refractivity contribution >= 4 is 29.9 Å². The summed E-state index contributed by atoms with van der Waals surface area (Å²) in [6.45, 7) is 7.78. The Morgan fingerprint density at radius 2 is 1.74 bits per heavy atom. The molecule has 102 valence electrons. The molecule has 0 aliphatic carbocycles. The maximum absolute atomic E-state index is 10.7. The monoisotopic (exact) mass is 283 g/mol. The van der Waals surface area contributed by atoms with E-state index < -0.39 is 23.2 Å². The number of hydrogen-bond donors (Lipinski definition) is 0. The SMILES string of the molecule is CC1(C)OB(c2ccc([N+](=O)[O-])c(Cl)c2)OC1(C)C. The average molecular weight is 284 g/mol. The Kier molecular flexibility index (Phi) is 3.37. The summed E-state index contributed by atoms with van der Waals surface area (Å²) >= 11 is 5.89. The van der Waals surface area contributed by atoms with Gasteiger partial charge in [0, 0.05) is 6.07 Å². The molecule has 0 spiro atoms. The van der Waals surface area contributed by atoms with Crippen LogP contribution in [0.15, 0.2) is 18.2 Å². The molecule has 0 radical (unpaired) electrons. The van der Waals surface area contributed by atoms with E-state index >= 15 is 0 Å². The fourth-order valence-electron chi connectivity index (χ4n) is 1.80. The van der Waals surface area contributed by atoms with Crippen molar-refractivity contribution in [3.05, 3.63) is 33.3 Å². The second kappa shape index (κ2) is 4.47. The van der Waals surface area contributed by atoms with Gasteiger partial charge in [0.1, 0.15) is 5.02 Å². The fourth-order valence-corrected chi connectivity index (χ4v) is 2.05. The van der Waals surface area contributed by atoms with Gasteiger partial charge in [0.2, 0.25) is 0 Å². The molecule has 1 fully saturated rings. The first-order valence-electron chi connectivity index (χ1n) is 5.93. The van der Waals surface area contributed by atoms with Gasteiger partial charge >= 0.3 is 7.12 Å². The van der Waals surface area contributed by atoms with Crippen LogP contribution in [-0.2, 0) is 9.31 Å². The van der Waals surface area contributed by atoms with Crippen LogP contribution in [-0.4, -0.2) is 23.2 Å². The van der Waals surface area contributed by atoms with Gasteiger partial charge in [-0.25, -0.2) is 0 Å². The Hall–Kier alpha value is -1.11. The molecule has 1 aromatic rings. The predicted molar refractivity (Wildman–Crippen MR) is 73.8 cm³/mol. The van der Waals surface area contributed by atoms with Crippen molar-refractivity contribution in [2.24, 2.45) is 0 Å². The summed E-state index contributed by atoms with van der Waals surface area (Å²) in [5, 5.41) is 10.8. The minimum absolute atomic E-state index is 0.0808. The van der Waals surface area contributed by atoms with E-state index in [4.69, 9.17) is 20.9 Å². The molecular formula is C12H15BClNO4. The van der Waals surface area contributed by atoms with Gasteiger partial charge in [0.05, 0.1) is 16.1 Å². The van der Waals surface area contributed by atoms with Gasteiger partial charge in [-0.05, 0) is 39.2 Å². The standard InChI is InChI=1S/C12H15BClNO4/c1-11(2)12(3,4)19-13(18-11)8-5-6-10(15(16)17)9(14)7-8/h5-7H,1-4H3. The summed E-state index contributed by atoms with van der Waals surface area (Å²) in [6, 6.07) is 4.48. The number of halogens is 1. The summed E-state index contributed by atoms with van der Waals surface area (Å²) in [5.74, 6) is 0. The van der Waals surface area contributed by atoms with Crippen molar-refractivity contribution in [2.45, 2.75) is 38.9 Å². The summed E-state index contributed by atoms with van der Waals surface area (Å²) in [5.41, 5.74) is -0.353. The molecule has 1 aliphatic rings. The smallest absolute Gasteiger partial charge is 0.399 e. The van der Waals surface area contributed by atoms with E-state index in [0.717, 1.165) is 0 Å². The van der Waals surface area contributed by atoms with Gasteiger partial charge < -0.3 is 9.31 Å². The van der Waals surface area contributed by atoms with Crippen molar-refractivity contribution < 1.29 is 14.2 Å². The first kappa shape index (κ1) is 14.3. The van der Waals surface area contributed by atoms with E-state index in [9.17, 15) is 10.1 Å². The Bertz CT molecular complexity index is 516. The van der Waals surface area contributed by atoms with Crippen molar-refractivity contribution in [3.8, 4) is 0 Å². The zero-order valence-corrected chi connectivity index (χ0v) is 12.0. The largest absolute Gasteiger partial charge is 0.494 e. The summed E-state index contributed by atoms with van der Waals surface area (Å²) in [6.07, 6.45) is 0. The first-order valence-corrected chi connectivity index (χ1v) is 6.31. The molecule has 7 heteroatoms. The lowest BCUT2D eigenvalue weighted by Gasteiger charge is -2.32. The Morgan fingerprint density at radius 1 is 1.21 bits per heavy atom. The second-order valence-electron chi connectivity index (χ2n) is 5.56. The Labute approximate surface area is 117 Å². The van der Waals surface area contributed by atoms with E-state index in [1.165, 1.54) is 12.1 Å². The van der Waals surface area contributed by atoms with Crippen molar-refractivity contribution in [2.75, 3.05) is 0 Å². The molecule has 0 unspecified atom stereocenters. The zero-order chi connectivity index (χ0) is 14.4. The predicted octanol–water partition coefficient (Wildman–Crippen LogP) is 2.55. The van der Waals surface area contributed by atoms with E-state index in [1.807, 2.05) is 27.7 Å². The van der Waals surface area contributed by atoms with E-state index in [-0.39, 0.29) is 10.7 Å². The first-order chi connectivity index (χ1) is 8.64. The summed E-state index contributed by atoms with van der Waals surface area (Å²) < 4.78 is 11.7. The summed E-state index contributed by atoms with van der Waals surface area (Å²) in [7, 11) is -0.566. The van der Waals surface area contributed by atoms with Crippen molar-refractivity contribution in [3.63, 3.8) is 0 Å². The number of nitro groups is 1. The molecule has 0 bridgehead atoms. The molecule has 1 saturated heterocycles. The maximum Gasteiger partial charge on any atom is 0.494 e. The van der Waals surface area contributed by atoms with Gasteiger partial charge in [-0.1, -0.05) is 17.7 Å². The minimum atomic E-state index is -0.566. The van der Waals surface area contributed by atoms with Crippen molar-refractivity contribution in [1.29, 1.82) is 0 Å². The lowest BCUT2D eigenvalue weighted by molar-refractivity contribution is -0.384. The Morgan fingerprint density at radius 3 is 2.16 bits per heavy atom. The van der Waals surface area contributed by atoms with Crippen LogP contribution in [0, 0.1) is 10.1 Å². The number of rotatable bonds is 2. The highest BCUT2D eigenvalue weighted by atomic mass is 35.5. The second-order valence-corrected chi connectivity index (χ2v) is 5.96. The van der Waals surface area contributed by atoms with Gasteiger partial charge in [-0.2, -0.15) is 0 Å². The lowest BCUT2D eigenvalue weighted by atomic mass is 9.79. The molecule has 1 heterocycles. The van der Waals surface area contributed by atoms with E-state index in [2.05, 4.69) is 0 Å². The molecule has 0 aromatic heterocycles. The maximum atomic E-state index is 10.7. The molecule has 5 nitrogen and oxygen atoms in total. The fraction of sp³-hybridized carbons (Fsp3) is 0.500. The molecule has 19 heavy (non-hydrogen) atoms. The van der Waals surface area contributed by atoms with E-state index in [0.29, 0.717) is 5.46 Å². The topological polar surface area (TPSA) is 61.6 Å². The third kappa shape index (κ3) is 2.48. The quantitative estimate of drug-likeness (QED) is 0.475. The molecule has 1 aromatic carbocycles. The van der Waals surface area contributed by atoms with Crippen LogP contribution in [0.25, 0.3) is 0 Å². The van der Waals surface area contributed by atoms with Crippen LogP contribution >= 0.6 is 11.6 Å². The molecular weight excluding hydrogens is 268 g/mol. The van der Waals surface area contributed by atoms with Crippen LogP contribution in [0.2, 0.25) is 5.02 Å².